The van der Waals surface area contributed by atoms with Gasteiger partial charge < -0.3 is 0 Å². The van der Waals surface area contributed by atoms with Crippen LogP contribution in [0.4, 0.5) is 0 Å². The van der Waals surface area contributed by atoms with Crippen LogP contribution in [0.5, 0.6) is 0 Å². The Morgan fingerprint density at radius 3 is 2.85 bits per heavy atom. The van der Waals surface area contributed by atoms with E-state index in [1.165, 1.54) is 30.5 Å². The van der Waals surface area contributed by atoms with Gasteiger partial charge in [-0.25, -0.2) is 0 Å². The second-order valence-electron chi connectivity index (χ2n) is 4.06. The summed E-state index contributed by atoms with van der Waals surface area (Å²) in [5.74, 6) is 0.629. The molecular formula is C12H19N. The predicted molar refractivity (Wildman–Crippen MR) is 59.0 cm³/mol. The highest BCUT2D eigenvalue weighted by molar-refractivity contribution is 5.77. The van der Waals surface area contributed by atoms with Gasteiger partial charge in [0.15, 0.2) is 0 Å². The Morgan fingerprint density at radius 1 is 1.62 bits per heavy atom. The molecule has 0 aromatic heterocycles. The minimum Gasteiger partial charge on any atom is -0.261 e. The summed E-state index contributed by atoms with van der Waals surface area (Å²) in [5.41, 5.74) is 3.77. The summed E-state index contributed by atoms with van der Waals surface area (Å²) in [5, 5.41) is 0. The number of allylic oxidation sites excluding steroid dienone is 3. The fourth-order valence-corrected chi connectivity index (χ4v) is 1.78. The summed E-state index contributed by atoms with van der Waals surface area (Å²) < 4.78 is 0. The van der Waals surface area contributed by atoms with Gasteiger partial charge >= 0.3 is 0 Å². The van der Waals surface area contributed by atoms with Gasteiger partial charge in [-0.15, -0.1) is 0 Å². The number of hydrogen-bond acceptors (Lipinski definition) is 1. The smallest absolute Gasteiger partial charge is 0.0421 e. The van der Waals surface area contributed by atoms with Crippen LogP contribution in [-0.4, -0.2) is 6.21 Å². The maximum Gasteiger partial charge on any atom is 0.0421 e. The van der Waals surface area contributed by atoms with Crippen molar-refractivity contribution in [1.82, 2.24) is 0 Å². The molecule has 1 atom stereocenters. The quantitative estimate of drug-likeness (QED) is 0.570. The molecule has 13 heavy (non-hydrogen) atoms. The molecule has 0 aromatic carbocycles. The van der Waals surface area contributed by atoms with Crippen LogP contribution in [-0.2, 0) is 0 Å². The van der Waals surface area contributed by atoms with Gasteiger partial charge in [-0.3, -0.25) is 4.99 Å². The third kappa shape index (κ3) is 2.83. The first-order valence-corrected chi connectivity index (χ1v) is 5.00. The Morgan fingerprint density at radius 2 is 2.31 bits per heavy atom. The fraction of sp³-hybridized carbons (Fsp3) is 0.583. The fourth-order valence-electron chi connectivity index (χ4n) is 1.78. The molecule has 0 radical (unpaired) electrons. The Kier molecular flexibility index (Phi) is 3.47. The standard InChI is InChI=1S/C12H19N/c1-9(2)8-13-12-10(3)6-5-7-11(12)4/h8,10H,1,5-7H2,2-4H3. The number of hydrogen-bond donors (Lipinski definition) is 0. The largest absolute Gasteiger partial charge is 0.261 e. The van der Waals surface area contributed by atoms with E-state index in [-0.39, 0.29) is 0 Å². The molecule has 0 fully saturated rings. The van der Waals surface area contributed by atoms with Crippen molar-refractivity contribution in [1.29, 1.82) is 0 Å². The summed E-state index contributed by atoms with van der Waals surface area (Å²) in [4.78, 5) is 4.50. The molecule has 1 rings (SSSR count). The first-order chi connectivity index (χ1) is 6.11. The third-order valence-corrected chi connectivity index (χ3v) is 2.52. The van der Waals surface area contributed by atoms with Crippen LogP contribution in [0.2, 0.25) is 0 Å². The molecule has 0 N–H and O–H groups in total. The number of aliphatic imine (C=N–C) groups is 1. The van der Waals surface area contributed by atoms with Gasteiger partial charge in [0.25, 0.3) is 0 Å². The lowest BCUT2D eigenvalue weighted by Gasteiger charge is -2.20. The van der Waals surface area contributed by atoms with Gasteiger partial charge in [0.2, 0.25) is 0 Å². The average molecular weight is 177 g/mol. The zero-order chi connectivity index (χ0) is 9.84. The minimum atomic E-state index is 0.629. The molecular weight excluding hydrogens is 158 g/mol. The second kappa shape index (κ2) is 4.40. The SMILES string of the molecule is C=C(C)C=NC1=C(C)CCCC1C. The van der Waals surface area contributed by atoms with Gasteiger partial charge in [-0.1, -0.05) is 19.1 Å². The van der Waals surface area contributed by atoms with Crippen LogP contribution < -0.4 is 0 Å². The van der Waals surface area contributed by atoms with Gasteiger partial charge in [-0.05, 0) is 44.6 Å². The molecule has 0 bridgehead atoms. The topological polar surface area (TPSA) is 12.4 Å². The van der Waals surface area contributed by atoms with E-state index in [1.807, 2.05) is 13.1 Å². The average Bonchev–Trinajstić information content (AvgIpc) is 2.03. The van der Waals surface area contributed by atoms with Crippen LogP contribution in [0.25, 0.3) is 0 Å². The summed E-state index contributed by atoms with van der Waals surface area (Å²) in [6, 6.07) is 0. The van der Waals surface area contributed by atoms with Crippen LogP contribution in [0.15, 0.2) is 28.4 Å². The Hall–Kier alpha value is -0.850. The normalized spacial score (nSPS) is 24.1. The lowest BCUT2D eigenvalue weighted by molar-refractivity contribution is 0.531. The van der Waals surface area contributed by atoms with Crippen molar-refractivity contribution in [2.75, 3.05) is 0 Å². The van der Waals surface area contributed by atoms with Crippen LogP contribution >= 0.6 is 0 Å². The lowest BCUT2D eigenvalue weighted by atomic mass is 9.89. The molecule has 1 aliphatic carbocycles. The maximum absolute atomic E-state index is 4.50. The van der Waals surface area contributed by atoms with E-state index in [9.17, 15) is 0 Å². The summed E-state index contributed by atoms with van der Waals surface area (Å²) >= 11 is 0. The molecule has 1 unspecified atom stereocenters. The van der Waals surface area contributed by atoms with Crippen molar-refractivity contribution < 1.29 is 0 Å². The van der Waals surface area contributed by atoms with E-state index in [1.54, 1.807) is 0 Å². The van der Waals surface area contributed by atoms with E-state index < -0.39 is 0 Å². The highest BCUT2D eigenvalue weighted by Crippen LogP contribution is 2.30. The van der Waals surface area contributed by atoms with E-state index >= 15 is 0 Å². The summed E-state index contributed by atoms with van der Waals surface area (Å²) in [6.07, 6.45) is 5.69. The molecule has 0 aliphatic heterocycles. The first-order valence-electron chi connectivity index (χ1n) is 5.00. The highest BCUT2D eigenvalue weighted by Gasteiger charge is 2.15. The van der Waals surface area contributed by atoms with Crippen molar-refractivity contribution in [3.63, 3.8) is 0 Å². The molecule has 0 saturated heterocycles. The zero-order valence-electron chi connectivity index (χ0n) is 8.93. The van der Waals surface area contributed by atoms with E-state index in [0.29, 0.717) is 5.92 Å². The molecule has 1 nitrogen and oxygen atoms in total. The molecule has 0 amide bonds. The van der Waals surface area contributed by atoms with Crippen LogP contribution in [0.3, 0.4) is 0 Å². The van der Waals surface area contributed by atoms with Gasteiger partial charge in [0.1, 0.15) is 0 Å². The number of nitrogens with zero attached hydrogens (tertiary/aromatic N) is 1. The zero-order valence-corrected chi connectivity index (χ0v) is 8.93. The van der Waals surface area contributed by atoms with E-state index in [2.05, 4.69) is 25.4 Å². The molecule has 0 aromatic rings. The lowest BCUT2D eigenvalue weighted by Crippen LogP contribution is -2.06. The second-order valence-corrected chi connectivity index (χ2v) is 4.06. The molecule has 0 spiro atoms. The third-order valence-electron chi connectivity index (χ3n) is 2.52. The molecule has 1 heteroatoms. The Balaban J connectivity index is 2.80. The van der Waals surface area contributed by atoms with Crippen molar-refractivity contribution in [2.24, 2.45) is 10.9 Å². The van der Waals surface area contributed by atoms with E-state index in [0.717, 1.165) is 5.57 Å². The molecule has 0 saturated carbocycles. The van der Waals surface area contributed by atoms with Crippen molar-refractivity contribution in [2.45, 2.75) is 40.0 Å². The molecule has 1 aliphatic rings. The van der Waals surface area contributed by atoms with Gasteiger partial charge in [0.05, 0.1) is 0 Å². The monoisotopic (exact) mass is 177 g/mol. The Labute approximate surface area is 81.3 Å². The van der Waals surface area contributed by atoms with Crippen molar-refractivity contribution >= 4 is 6.21 Å². The van der Waals surface area contributed by atoms with Crippen molar-refractivity contribution in [3.05, 3.63) is 23.4 Å². The maximum atomic E-state index is 4.50. The Bertz CT molecular complexity index is 258. The van der Waals surface area contributed by atoms with Gasteiger partial charge in [-0.2, -0.15) is 0 Å². The van der Waals surface area contributed by atoms with Crippen LogP contribution in [0.1, 0.15) is 40.0 Å². The summed E-state index contributed by atoms with van der Waals surface area (Å²) in [7, 11) is 0. The predicted octanol–water partition coefficient (Wildman–Crippen LogP) is 3.73. The van der Waals surface area contributed by atoms with E-state index in [4.69, 9.17) is 0 Å². The minimum absolute atomic E-state index is 0.629. The molecule has 72 valence electrons. The molecule has 0 heterocycles. The van der Waals surface area contributed by atoms with Crippen LogP contribution in [0, 0.1) is 5.92 Å². The summed E-state index contributed by atoms with van der Waals surface area (Å²) in [6.45, 7) is 10.2. The van der Waals surface area contributed by atoms with Crippen molar-refractivity contribution in [3.8, 4) is 0 Å². The van der Waals surface area contributed by atoms with Gasteiger partial charge in [0, 0.05) is 11.9 Å². The first kappa shape index (κ1) is 10.2. The highest BCUT2D eigenvalue weighted by atomic mass is 14.7. The number of rotatable bonds is 2.